The minimum atomic E-state index is -0.166. The van der Waals surface area contributed by atoms with Crippen molar-refractivity contribution in [3.63, 3.8) is 0 Å². The lowest BCUT2D eigenvalue weighted by Gasteiger charge is -2.30. The molecule has 3 nitrogen and oxygen atoms in total. The molecule has 1 fully saturated rings. The molecule has 1 aliphatic heterocycles. The maximum atomic E-state index is 9.60. The molecule has 0 bridgehead atoms. The van der Waals surface area contributed by atoms with Gasteiger partial charge in [-0.15, -0.1) is 0 Å². The van der Waals surface area contributed by atoms with Crippen molar-refractivity contribution in [1.82, 2.24) is 4.90 Å². The fraction of sp³-hybridized carbons (Fsp3) is 0.538. The number of aliphatic hydroxyl groups is 1. The van der Waals surface area contributed by atoms with Crippen LogP contribution in [0.15, 0.2) is 24.3 Å². The van der Waals surface area contributed by atoms with Gasteiger partial charge in [-0.1, -0.05) is 18.2 Å². The Morgan fingerprint density at radius 1 is 1.44 bits per heavy atom. The van der Waals surface area contributed by atoms with Crippen LogP contribution >= 0.6 is 0 Å². The smallest absolute Gasteiger partial charge is 0.0742 e. The third kappa shape index (κ3) is 2.20. The second-order valence-corrected chi connectivity index (χ2v) is 4.87. The Labute approximate surface area is 97.1 Å². The van der Waals surface area contributed by atoms with Crippen molar-refractivity contribution in [2.75, 3.05) is 32.1 Å². The van der Waals surface area contributed by atoms with E-state index in [1.165, 1.54) is 5.56 Å². The van der Waals surface area contributed by atoms with E-state index in [1.54, 1.807) is 0 Å². The molecule has 88 valence electrons. The minimum Gasteiger partial charge on any atom is -0.394 e. The summed E-state index contributed by atoms with van der Waals surface area (Å²) in [5.41, 5.74) is 2.19. The average Bonchev–Trinajstić information content (AvgIpc) is 2.65. The van der Waals surface area contributed by atoms with Crippen LogP contribution in [0.2, 0.25) is 0 Å². The fourth-order valence-electron chi connectivity index (χ4n) is 2.35. The first-order valence-corrected chi connectivity index (χ1v) is 5.78. The van der Waals surface area contributed by atoms with Crippen molar-refractivity contribution in [3.8, 4) is 0 Å². The van der Waals surface area contributed by atoms with Crippen molar-refractivity contribution < 1.29 is 5.11 Å². The fourth-order valence-corrected chi connectivity index (χ4v) is 2.35. The van der Waals surface area contributed by atoms with Crippen LogP contribution in [0, 0.1) is 6.92 Å². The highest BCUT2D eigenvalue weighted by molar-refractivity contribution is 5.52. The number of nitrogens with zero attached hydrogens (tertiary/aromatic N) is 1. The van der Waals surface area contributed by atoms with E-state index in [-0.39, 0.29) is 12.1 Å². The summed E-state index contributed by atoms with van der Waals surface area (Å²) in [7, 11) is 2.09. The summed E-state index contributed by atoms with van der Waals surface area (Å²) in [6, 6.07) is 8.23. The molecule has 0 aromatic heterocycles. The Bertz CT molecular complexity index is 367. The number of likely N-dealkylation sites (tertiary alicyclic amines) is 1. The van der Waals surface area contributed by atoms with E-state index in [2.05, 4.69) is 36.3 Å². The average molecular weight is 220 g/mol. The van der Waals surface area contributed by atoms with E-state index >= 15 is 0 Å². The molecule has 1 unspecified atom stereocenters. The molecular formula is C13H20N2O. The third-order valence-corrected chi connectivity index (χ3v) is 3.39. The Morgan fingerprint density at radius 2 is 2.19 bits per heavy atom. The van der Waals surface area contributed by atoms with E-state index in [0.717, 1.165) is 25.2 Å². The lowest BCUT2D eigenvalue weighted by molar-refractivity contribution is 0.212. The number of hydrogen-bond acceptors (Lipinski definition) is 3. The maximum Gasteiger partial charge on any atom is 0.0742 e. The van der Waals surface area contributed by atoms with Gasteiger partial charge in [0.25, 0.3) is 0 Å². The Balaban J connectivity index is 2.16. The van der Waals surface area contributed by atoms with Crippen molar-refractivity contribution in [1.29, 1.82) is 0 Å². The summed E-state index contributed by atoms with van der Waals surface area (Å²) in [4.78, 5) is 2.25. The zero-order valence-corrected chi connectivity index (χ0v) is 10.0. The number of hydrogen-bond donors (Lipinski definition) is 2. The molecule has 2 N–H and O–H groups in total. The third-order valence-electron chi connectivity index (χ3n) is 3.39. The first-order valence-electron chi connectivity index (χ1n) is 5.78. The first kappa shape index (κ1) is 11.4. The number of anilines is 1. The highest BCUT2D eigenvalue weighted by Gasteiger charge is 2.36. The monoisotopic (exact) mass is 220 g/mol. The van der Waals surface area contributed by atoms with Crippen LogP contribution in [0.4, 0.5) is 5.69 Å². The maximum absolute atomic E-state index is 9.60. The van der Waals surface area contributed by atoms with Gasteiger partial charge in [0.05, 0.1) is 12.1 Å². The number of benzene rings is 1. The Kier molecular flexibility index (Phi) is 3.17. The molecule has 1 heterocycles. The SMILES string of the molecule is Cc1ccccc1NC1(CO)CCN(C)C1. The zero-order chi connectivity index (χ0) is 11.6. The van der Waals surface area contributed by atoms with E-state index < -0.39 is 0 Å². The van der Waals surface area contributed by atoms with Gasteiger partial charge < -0.3 is 15.3 Å². The van der Waals surface area contributed by atoms with Crippen molar-refractivity contribution in [2.24, 2.45) is 0 Å². The Morgan fingerprint density at radius 3 is 2.75 bits per heavy atom. The van der Waals surface area contributed by atoms with Crippen LogP contribution < -0.4 is 5.32 Å². The van der Waals surface area contributed by atoms with Crippen LogP contribution in [-0.4, -0.2) is 42.3 Å². The van der Waals surface area contributed by atoms with Gasteiger partial charge in [0, 0.05) is 18.8 Å². The predicted octanol–water partition coefficient (Wildman–Crippen LogP) is 1.47. The molecule has 0 amide bonds. The number of para-hydroxylation sites is 1. The van der Waals surface area contributed by atoms with Gasteiger partial charge in [-0.3, -0.25) is 0 Å². The van der Waals surface area contributed by atoms with Crippen LogP contribution in [0.5, 0.6) is 0 Å². The van der Waals surface area contributed by atoms with Crippen molar-refractivity contribution >= 4 is 5.69 Å². The number of likely N-dealkylation sites (N-methyl/N-ethyl adjacent to an activating group) is 1. The van der Waals surface area contributed by atoms with Gasteiger partial charge in [-0.05, 0) is 32.0 Å². The lowest BCUT2D eigenvalue weighted by atomic mass is 9.98. The first-order chi connectivity index (χ1) is 7.65. The number of rotatable bonds is 3. The molecule has 0 spiro atoms. The molecule has 0 radical (unpaired) electrons. The molecular weight excluding hydrogens is 200 g/mol. The van der Waals surface area contributed by atoms with Crippen LogP contribution in [0.3, 0.4) is 0 Å². The van der Waals surface area contributed by atoms with E-state index in [9.17, 15) is 5.11 Å². The van der Waals surface area contributed by atoms with Crippen molar-refractivity contribution in [2.45, 2.75) is 18.9 Å². The standard InChI is InChI=1S/C13H20N2O/c1-11-5-3-4-6-12(11)14-13(10-16)7-8-15(2)9-13/h3-6,14,16H,7-10H2,1-2H3. The van der Waals surface area contributed by atoms with Gasteiger partial charge in [0.1, 0.15) is 0 Å². The van der Waals surface area contributed by atoms with Gasteiger partial charge in [0.15, 0.2) is 0 Å². The molecule has 3 heteroatoms. The van der Waals surface area contributed by atoms with Crippen LogP contribution in [0.25, 0.3) is 0 Å². The normalized spacial score (nSPS) is 25.9. The van der Waals surface area contributed by atoms with Crippen molar-refractivity contribution in [3.05, 3.63) is 29.8 Å². The molecule has 0 aliphatic carbocycles. The number of nitrogens with one attached hydrogen (secondary N) is 1. The van der Waals surface area contributed by atoms with E-state index in [0.29, 0.717) is 0 Å². The van der Waals surface area contributed by atoms with Gasteiger partial charge in [0.2, 0.25) is 0 Å². The van der Waals surface area contributed by atoms with Gasteiger partial charge in [-0.25, -0.2) is 0 Å². The molecule has 1 aliphatic rings. The second-order valence-electron chi connectivity index (χ2n) is 4.87. The summed E-state index contributed by atoms with van der Waals surface area (Å²) < 4.78 is 0. The molecule has 0 saturated carbocycles. The highest BCUT2D eigenvalue weighted by atomic mass is 16.3. The molecule has 1 saturated heterocycles. The quantitative estimate of drug-likeness (QED) is 0.810. The summed E-state index contributed by atoms with van der Waals surface area (Å²) >= 11 is 0. The van der Waals surface area contributed by atoms with Gasteiger partial charge in [-0.2, -0.15) is 0 Å². The number of aliphatic hydroxyl groups excluding tert-OH is 1. The Hall–Kier alpha value is -1.06. The molecule has 1 aromatic rings. The largest absolute Gasteiger partial charge is 0.394 e. The molecule has 2 rings (SSSR count). The summed E-state index contributed by atoms with van der Waals surface area (Å²) in [6.45, 7) is 4.22. The summed E-state index contributed by atoms with van der Waals surface area (Å²) in [5, 5.41) is 13.1. The van der Waals surface area contributed by atoms with Crippen LogP contribution in [-0.2, 0) is 0 Å². The second kappa shape index (κ2) is 4.44. The number of aryl methyl sites for hydroxylation is 1. The molecule has 1 atom stereocenters. The molecule has 1 aromatic carbocycles. The lowest BCUT2D eigenvalue weighted by Crippen LogP contribution is -2.44. The van der Waals surface area contributed by atoms with E-state index in [4.69, 9.17) is 0 Å². The highest BCUT2D eigenvalue weighted by Crippen LogP contribution is 2.26. The van der Waals surface area contributed by atoms with E-state index in [1.807, 2.05) is 12.1 Å². The zero-order valence-electron chi connectivity index (χ0n) is 10.0. The predicted molar refractivity (Wildman–Crippen MR) is 66.7 cm³/mol. The summed E-state index contributed by atoms with van der Waals surface area (Å²) in [5.74, 6) is 0. The molecule has 16 heavy (non-hydrogen) atoms. The topological polar surface area (TPSA) is 35.5 Å². The minimum absolute atomic E-state index is 0.166. The van der Waals surface area contributed by atoms with Crippen LogP contribution in [0.1, 0.15) is 12.0 Å². The van der Waals surface area contributed by atoms with Gasteiger partial charge >= 0.3 is 0 Å². The summed E-state index contributed by atoms with van der Waals surface area (Å²) in [6.07, 6.45) is 0.994.